The average Bonchev–Trinajstić information content (AvgIpc) is 2.40. The number of nitrogens with zero attached hydrogens (tertiary/aromatic N) is 1. The minimum absolute atomic E-state index is 0.0985. The van der Waals surface area contributed by atoms with Crippen molar-refractivity contribution < 1.29 is 4.39 Å². The van der Waals surface area contributed by atoms with E-state index in [1.165, 1.54) is 0 Å². The lowest BCUT2D eigenvalue weighted by molar-refractivity contribution is 0.0656. The summed E-state index contributed by atoms with van der Waals surface area (Å²) in [5.74, 6) is 0.492. The van der Waals surface area contributed by atoms with Crippen LogP contribution in [0.25, 0.3) is 0 Å². The SMILES string of the molecule is Cc1ccc(C(C)N2CC(C)NCC2C(C)C)cc1F. The molecule has 0 spiro atoms. The maximum atomic E-state index is 13.8. The number of halogens is 1. The largest absolute Gasteiger partial charge is 0.311 e. The summed E-state index contributed by atoms with van der Waals surface area (Å²) < 4.78 is 13.8. The van der Waals surface area contributed by atoms with Crippen LogP contribution in [0.1, 0.15) is 44.9 Å². The molecule has 3 heteroatoms. The van der Waals surface area contributed by atoms with Gasteiger partial charge in [-0.1, -0.05) is 26.0 Å². The van der Waals surface area contributed by atoms with Crippen molar-refractivity contribution in [3.05, 3.63) is 35.1 Å². The van der Waals surface area contributed by atoms with Crippen LogP contribution in [-0.2, 0) is 0 Å². The van der Waals surface area contributed by atoms with E-state index in [9.17, 15) is 4.39 Å². The van der Waals surface area contributed by atoms with Gasteiger partial charge in [-0.15, -0.1) is 0 Å². The van der Waals surface area contributed by atoms with E-state index in [2.05, 4.69) is 44.0 Å². The summed E-state index contributed by atoms with van der Waals surface area (Å²) in [6.07, 6.45) is 0. The Hall–Kier alpha value is -0.930. The Bertz CT molecular complexity index is 458. The van der Waals surface area contributed by atoms with Crippen LogP contribution in [0.2, 0.25) is 0 Å². The lowest BCUT2D eigenvalue weighted by atomic mass is 9.94. The second-order valence-corrected chi connectivity index (χ2v) is 6.50. The van der Waals surface area contributed by atoms with Crippen LogP contribution in [0.15, 0.2) is 18.2 Å². The Morgan fingerprint density at radius 1 is 1.30 bits per heavy atom. The normalized spacial score (nSPS) is 25.9. The number of rotatable bonds is 3. The summed E-state index contributed by atoms with van der Waals surface area (Å²) in [5, 5.41) is 3.55. The monoisotopic (exact) mass is 278 g/mol. The lowest BCUT2D eigenvalue weighted by Crippen LogP contribution is -2.57. The first-order valence-electron chi connectivity index (χ1n) is 7.65. The van der Waals surface area contributed by atoms with Gasteiger partial charge in [0.15, 0.2) is 0 Å². The molecule has 1 N–H and O–H groups in total. The molecule has 0 amide bonds. The standard InChI is InChI=1S/C17H27FN2/c1-11(2)17-9-19-13(4)10-20(17)14(5)15-7-6-12(3)16(18)8-15/h6-8,11,13-14,17,19H,9-10H2,1-5H3. The summed E-state index contributed by atoms with van der Waals surface area (Å²) in [5.41, 5.74) is 1.79. The van der Waals surface area contributed by atoms with Gasteiger partial charge in [0.1, 0.15) is 5.82 Å². The lowest BCUT2D eigenvalue weighted by Gasteiger charge is -2.45. The van der Waals surface area contributed by atoms with E-state index in [1.807, 2.05) is 13.0 Å². The van der Waals surface area contributed by atoms with E-state index >= 15 is 0 Å². The molecule has 1 aromatic rings. The molecule has 1 aliphatic rings. The molecule has 20 heavy (non-hydrogen) atoms. The van der Waals surface area contributed by atoms with Gasteiger partial charge in [0, 0.05) is 31.2 Å². The molecule has 1 aromatic carbocycles. The van der Waals surface area contributed by atoms with Gasteiger partial charge in [-0.2, -0.15) is 0 Å². The number of hydrogen-bond donors (Lipinski definition) is 1. The Morgan fingerprint density at radius 3 is 2.60 bits per heavy atom. The maximum absolute atomic E-state index is 13.8. The summed E-state index contributed by atoms with van der Waals surface area (Å²) in [6, 6.07) is 6.89. The molecular formula is C17H27FN2. The molecule has 0 bridgehead atoms. The first-order valence-corrected chi connectivity index (χ1v) is 7.65. The fourth-order valence-electron chi connectivity index (χ4n) is 3.08. The van der Waals surface area contributed by atoms with Crippen molar-refractivity contribution in [2.75, 3.05) is 13.1 Å². The van der Waals surface area contributed by atoms with Gasteiger partial charge in [-0.3, -0.25) is 4.90 Å². The van der Waals surface area contributed by atoms with Crippen LogP contribution < -0.4 is 5.32 Å². The molecule has 2 nitrogen and oxygen atoms in total. The summed E-state index contributed by atoms with van der Waals surface area (Å²) in [7, 11) is 0. The molecule has 0 aliphatic carbocycles. The van der Waals surface area contributed by atoms with Crippen molar-refractivity contribution in [1.29, 1.82) is 0 Å². The summed E-state index contributed by atoms with van der Waals surface area (Å²) in [6.45, 7) is 12.8. The molecule has 1 fully saturated rings. The predicted octanol–water partition coefficient (Wildman–Crippen LogP) is 3.51. The van der Waals surface area contributed by atoms with Gasteiger partial charge >= 0.3 is 0 Å². The zero-order valence-corrected chi connectivity index (χ0v) is 13.3. The van der Waals surface area contributed by atoms with Crippen molar-refractivity contribution in [2.45, 2.75) is 52.7 Å². The Morgan fingerprint density at radius 2 is 2.00 bits per heavy atom. The second kappa shape index (κ2) is 6.23. The molecule has 3 atom stereocenters. The highest BCUT2D eigenvalue weighted by atomic mass is 19.1. The van der Waals surface area contributed by atoms with Gasteiger partial charge in [0.05, 0.1) is 0 Å². The highest BCUT2D eigenvalue weighted by Crippen LogP contribution is 2.28. The van der Waals surface area contributed by atoms with Gasteiger partial charge in [-0.25, -0.2) is 4.39 Å². The quantitative estimate of drug-likeness (QED) is 0.910. The van der Waals surface area contributed by atoms with Crippen LogP contribution in [0.3, 0.4) is 0 Å². The van der Waals surface area contributed by atoms with E-state index < -0.39 is 0 Å². The predicted molar refractivity (Wildman–Crippen MR) is 82.3 cm³/mol. The molecule has 112 valence electrons. The number of aryl methyl sites for hydroxylation is 1. The van der Waals surface area contributed by atoms with Crippen molar-refractivity contribution >= 4 is 0 Å². The molecule has 1 saturated heterocycles. The van der Waals surface area contributed by atoms with Crippen LogP contribution >= 0.6 is 0 Å². The Kier molecular flexibility index (Phi) is 4.82. The Labute approximate surface area is 122 Å². The number of benzene rings is 1. The zero-order chi connectivity index (χ0) is 14.9. The van der Waals surface area contributed by atoms with Gasteiger partial charge in [0.2, 0.25) is 0 Å². The molecular weight excluding hydrogens is 251 g/mol. The fraction of sp³-hybridized carbons (Fsp3) is 0.647. The zero-order valence-electron chi connectivity index (χ0n) is 13.3. The third-order valence-corrected chi connectivity index (χ3v) is 4.53. The smallest absolute Gasteiger partial charge is 0.126 e. The van der Waals surface area contributed by atoms with Crippen LogP contribution in [-0.4, -0.2) is 30.1 Å². The maximum Gasteiger partial charge on any atom is 0.126 e. The number of nitrogens with one attached hydrogen (secondary N) is 1. The van der Waals surface area contributed by atoms with Crippen molar-refractivity contribution in [2.24, 2.45) is 5.92 Å². The molecule has 2 rings (SSSR count). The molecule has 0 radical (unpaired) electrons. The molecule has 1 heterocycles. The third-order valence-electron chi connectivity index (χ3n) is 4.53. The highest BCUT2D eigenvalue weighted by molar-refractivity contribution is 5.25. The van der Waals surface area contributed by atoms with Crippen LogP contribution in [0, 0.1) is 18.7 Å². The van der Waals surface area contributed by atoms with Crippen molar-refractivity contribution in [3.63, 3.8) is 0 Å². The van der Waals surface area contributed by atoms with Gasteiger partial charge in [-0.05, 0) is 43.9 Å². The minimum atomic E-state index is -0.0985. The Balaban J connectivity index is 2.23. The fourth-order valence-corrected chi connectivity index (χ4v) is 3.08. The van der Waals surface area contributed by atoms with Crippen LogP contribution in [0.4, 0.5) is 4.39 Å². The topological polar surface area (TPSA) is 15.3 Å². The van der Waals surface area contributed by atoms with E-state index in [4.69, 9.17) is 0 Å². The van der Waals surface area contributed by atoms with E-state index in [-0.39, 0.29) is 11.9 Å². The molecule has 0 aromatic heterocycles. The molecule has 0 saturated carbocycles. The summed E-state index contributed by atoms with van der Waals surface area (Å²) in [4.78, 5) is 2.52. The van der Waals surface area contributed by atoms with Crippen molar-refractivity contribution in [3.8, 4) is 0 Å². The van der Waals surface area contributed by atoms with Gasteiger partial charge in [0.25, 0.3) is 0 Å². The van der Waals surface area contributed by atoms with E-state index in [0.717, 1.165) is 24.2 Å². The first-order chi connectivity index (χ1) is 9.40. The van der Waals surface area contributed by atoms with Gasteiger partial charge < -0.3 is 5.32 Å². The first kappa shape index (κ1) is 15.5. The minimum Gasteiger partial charge on any atom is -0.311 e. The molecule has 1 aliphatic heterocycles. The van der Waals surface area contributed by atoms with E-state index in [1.54, 1.807) is 6.07 Å². The highest BCUT2D eigenvalue weighted by Gasteiger charge is 2.31. The molecule has 3 unspecified atom stereocenters. The second-order valence-electron chi connectivity index (χ2n) is 6.50. The van der Waals surface area contributed by atoms with E-state index in [0.29, 0.717) is 18.0 Å². The number of hydrogen-bond acceptors (Lipinski definition) is 2. The average molecular weight is 278 g/mol. The summed E-state index contributed by atoms with van der Waals surface area (Å²) >= 11 is 0. The number of piperazine rings is 1. The third kappa shape index (κ3) is 3.21. The van der Waals surface area contributed by atoms with Crippen molar-refractivity contribution in [1.82, 2.24) is 10.2 Å². The van der Waals surface area contributed by atoms with Crippen LogP contribution in [0.5, 0.6) is 0 Å².